The van der Waals surface area contributed by atoms with Crippen molar-refractivity contribution in [1.29, 1.82) is 0 Å². The fourth-order valence-corrected chi connectivity index (χ4v) is 1.75. The smallest absolute Gasteiger partial charge is 0.222 e. The minimum absolute atomic E-state index is 0.610. The molecule has 0 aliphatic rings. The lowest BCUT2D eigenvalue weighted by atomic mass is 10.2. The maximum atomic E-state index is 5.32. The fraction of sp³-hybridized carbons (Fsp3) is 0.364. The van der Waals surface area contributed by atoms with Crippen LogP contribution in [0.1, 0.15) is 5.69 Å². The summed E-state index contributed by atoms with van der Waals surface area (Å²) in [7, 11) is 5.26. The highest BCUT2D eigenvalue weighted by molar-refractivity contribution is 5.65. The van der Waals surface area contributed by atoms with Crippen molar-refractivity contribution in [3.05, 3.63) is 18.0 Å². The third-order valence-electron chi connectivity index (χ3n) is 2.50. The molecule has 0 aliphatic carbocycles. The molecule has 0 atom stereocenters. The molecule has 0 aliphatic heterocycles. The van der Waals surface area contributed by atoms with Gasteiger partial charge in [-0.15, -0.1) is 0 Å². The zero-order valence-electron chi connectivity index (χ0n) is 10.4. The van der Waals surface area contributed by atoms with Crippen molar-refractivity contribution in [2.24, 2.45) is 7.05 Å². The highest BCUT2D eigenvalue weighted by atomic mass is 16.5. The van der Waals surface area contributed by atoms with Crippen LogP contribution in [0, 0.1) is 6.92 Å². The van der Waals surface area contributed by atoms with Crippen LogP contribution in [-0.4, -0.2) is 33.9 Å². The lowest BCUT2D eigenvalue weighted by molar-refractivity contribution is 0.374. The molecule has 0 fully saturated rings. The van der Waals surface area contributed by atoms with Gasteiger partial charge in [0.05, 0.1) is 12.8 Å². The number of ether oxygens (including phenoxy) is 1. The molecule has 0 saturated heterocycles. The van der Waals surface area contributed by atoms with Gasteiger partial charge in [-0.25, -0.2) is 14.6 Å². The molecule has 2 aromatic heterocycles. The number of anilines is 1. The summed E-state index contributed by atoms with van der Waals surface area (Å²) in [5.74, 6) is 2.04. The Bertz CT molecular complexity index is 535. The minimum atomic E-state index is 0.610. The van der Waals surface area contributed by atoms with E-state index in [2.05, 4.69) is 20.4 Å². The van der Waals surface area contributed by atoms with E-state index in [4.69, 9.17) is 4.74 Å². The van der Waals surface area contributed by atoms with Crippen LogP contribution in [0.3, 0.4) is 0 Å². The second kappa shape index (κ2) is 4.40. The minimum Gasteiger partial charge on any atom is -0.481 e. The van der Waals surface area contributed by atoms with Crippen molar-refractivity contribution in [1.82, 2.24) is 19.7 Å². The van der Waals surface area contributed by atoms with Gasteiger partial charge in [-0.3, -0.25) is 0 Å². The Morgan fingerprint density at radius 2 is 2.18 bits per heavy atom. The first-order valence-corrected chi connectivity index (χ1v) is 5.26. The molecule has 0 unspecified atom stereocenters. The Hall–Kier alpha value is -2.11. The van der Waals surface area contributed by atoms with E-state index in [1.165, 1.54) is 0 Å². The monoisotopic (exact) mass is 233 g/mol. The zero-order chi connectivity index (χ0) is 12.4. The Labute approximate surface area is 99.7 Å². The van der Waals surface area contributed by atoms with Crippen molar-refractivity contribution < 1.29 is 4.74 Å². The van der Waals surface area contributed by atoms with E-state index in [1.54, 1.807) is 18.0 Å². The van der Waals surface area contributed by atoms with Gasteiger partial charge in [0, 0.05) is 20.3 Å². The van der Waals surface area contributed by atoms with Crippen LogP contribution in [0.15, 0.2) is 12.3 Å². The van der Waals surface area contributed by atoms with Crippen LogP contribution in [0.25, 0.3) is 11.4 Å². The van der Waals surface area contributed by atoms with Crippen molar-refractivity contribution in [3.63, 3.8) is 0 Å². The Morgan fingerprint density at radius 3 is 2.82 bits per heavy atom. The molecule has 17 heavy (non-hydrogen) atoms. The molecule has 6 nitrogen and oxygen atoms in total. The van der Waals surface area contributed by atoms with Crippen LogP contribution in [0.5, 0.6) is 5.88 Å². The van der Waals surface area contributed by atoms with Gasteiger partial charge >= 0.3 is 0 Å². The zero-order valence-corrected chi connectivity index (χ0v) is 10.4. The first kappa shape index (κ1) is 11.4. The Morgan fingerprint density at radius 1 is 1.41 bits per heavy atom. The summed E-state index contributed by atoms with van der Waals surface area (Å²) in [5.41, 5.74) is 1.67. The summed E-state index contributed by atoms with van der Waals surface area (Å²) in [5, 5.41) is 7.29. The van der Waals surface area contributed by atoms with Crippen LogP contribution in [0.2, 0.25) is 0 Å². The molecular weight excluding hydrogens is 218 g/mol. The van der Waals surface area contributed by atoms with E-state index in [-0.39, 0.29) is 0 Å². The van der Waals surface area contributed by atoms with Gasteiger partial charge in [0.1, 0.15) is 11.4 Å². The van der Waals surface area contributed by atoms with E-state index < -0.39 is 0 Å². The summed E-state index contributed by atoms with van der Waals surface area (Å²) in [4.78, 5) is 8.64. The molecule has 0 aromatic carbocycles. The predicted octanol–water partition coefficient (Wildman–Crippen LogP) is 1.24. The number of methoxy groups -OCH3 is 1. The summed E-state index contributed by atoms with van der Waals surface area (Å²) < 4.78 is 7.01. The fourth-order valence-electron chi connectivity index (χ4n) is 1.75. The average molecular weight is 233 g/mol. The Kier molecular flexibility index (Phi) is 2.95. The average Bonchev–Trinajstić information content (AvgIpc) is 2.63. The van der Waals surface area contributed by atoms with Crippen molar-refractivity contribution in [2.75, 3.05) is 19.5 Å². The molecule has 0 bridgehead atoms. The molecule has 0 spiro atoms. The van der Waals surface area contributed by atoms with E-state index >= 15 is 0 Å². The van der Waals surface area contributed by atoms with Gasteiger partial charge in [-0.2, -0.15) is 5.10 Å². The van der Waals surface area contributed by atoms with E-state index in [0.717, 1.165) is 17.1 Å². The lowest BCUT2D eigenvalue weighted by Gasteiger charge is -2.05. The van der Waals surface area contributed by atoms with Crippen LogP contribution >= 0.6 is 0 Å². The van der Waals surface area contributed by atoms with E-state index in [9.17, 15) is 0 Å². The molecule has 0 saturated carbocycles. The van der Waals surface area contributed by atoms with Gasteiger partial charge < -0.3 is 10.1 Å². The number of nitrogens with one attached hydrogen (secondary N) is 1. The third kappa shape index (κ3) is 1.93. The highest BCUT2D eigenvalue weighted by Gasteiger charge is 2.18. The van der Waals surface area contributed by atoms with E-state index in [1.807, 2.05) is 27.1 Å². The molecule has 6 heteroatoms. The summed E-state index contributed by atoms with van der Waals surface area (Å²) in [6.45, 7) is 1.91. The second-order valence-corrected chi connectivity index (χ2v) is 3.61. The number of hydrogen-bond donors (Lipinski definition) is 1. The van der Waals surface area contributed by atoms with Crippen molar-refractivity contribution in [3.8, 4) is 17.3 Å². The summed E-state index contributed by atoms with van der Waals surface area (Å²) in [6, 6.07) is 1.81. The molecule has 2 heterocycles. The Balaban J connectivity index is 2.59. The topological polar surface area (TPSA) is 64.9 Å². The van der Waals surface area contributed by atoms with Gasteiger partial charge in [0.15, 0.2) is 5.82 Å². The van der Waals surface area contributed by atoms with Gasteiger partial charge in [-0.05, 0) is 13.0 Å². The molecule has 2 aromatic rings. The number of hydrogen-bond acceptors (Lipinski definition) is 5. The molecule has 1 N–H and O–H groups in total. The van der Waals surface area contributed by atoms with Gasteiger partial charge in [0.2, 0.25) is 5.88 Å². The third-order valence-corrected chi connectivity index (χ3v) is 2.50. The highest BCUT2D eigenvalue weighted by Crippen LogP contribution is 2.30. The summed E-state index contributed by atoms with van der Waals surface area (Å²) in [6.07, 6.45) is 1.71. The number of rotatable bonds is 3. The van der Waals surface area contributed by atoms with Gasteiger partial charge in [-0.1, -0.05) is 0 Å². The molecule has 2 rings (SSSR count). The van der Waals surface area contributed by atoms with Crippen LogP contribution in [0.4, 0.5) is 5.82 Å². The first-order chi connectivity index (χ1) is 8.17. The van der Waals surface area contributed by atoms with Crippen LogP contribution < -0.4 is 10.1 Å². The van der Waals surface area contributed by atoms with Crippen molar-refractivity contribution in [2.45, 2.75) is 6.92 Å². The van der Waals surface area contributed by atoms with Gasteiger partial charge in [0.25, 0.3) is 0 Å². The first-order valence-electron chi connectivity index (χ1n) is 5.26. The van der Waals surface area contributed by atoms with Crippen molar-refractivity contribution >= 4 is 5.82 Å². The maximum Gasteiger partial charge on any atom is 0.222 e. The molecule has 0 amide bonds. The second-order valence-electron chi connectivity index (χ2n) is 3.61. The standard InChI is InChI=1S/C11H15N5O/c1-7-9(11(17-4)16(3)15-7)10-13-6-5-8(12-2)14-10/h5-6H,1-4H3,(H,12,13,14). The normalized spacial score (nSPS) is 10.4. The lowest BCUT2D eigenvalue weighted by Crippen LogP contribution is -1.98. The summed E-state index contributed by atoms with van der Waals surface area (Å²) >= 11 is 0. The predicted molar refractivity (Wildman–Crippen MR) is 65.1 cm³/mol. The number of nitrogens with zero attached hydrogens (tertiary/aromatic N) is 4. The van der Waals surface area contributed by atoms with Crippen LogP contribution in [-0.2, 0) is 7.05 Å². The molecular formula is C11H15N5O. The largest absolute Gasteiger partial charge is 0.481 e. The SMILES string of the molecule is CNc1ccnc(-c2c(C)nn(C)c2OC)n1. The van der Waals surface area contributed by atoms with E-state index in [0.29, 0.717) is 11.7 Å². The maximum absolute atomic E-state index is 5.32. The quantitative estimate of drug-likeness (QED) is 0.864. The number of aryl methyl sites for hydroxylation is 2. The number of aromatic nitrogens is 4. The molecule has 0 radical (unpaired) electrons. The molecule has 90 valence electrons.